The number of carbonyl (C=O) groups excluding carboxylic acids is 1. The second kappa shape index (κ2) is 5.39. The number of aromatic hydroxyl groups is 1. The number of hydrogen-bond donors (Lipinski definition) is 2. The van der Waals surface area contributed by atoms with Crippen LogP contribution in [-0.4, -0.2) is 11.1 Å². The van der Waals surface area contributed by atoms with Crippen LogP contribution in [0.15, 0.2) is 42.5 Å². The number of carbonyl (C=O) groups is 1. The summed E-state index contributed by atoms with van der Waals surface area (Å²) in [6.07, 6.45) is 0. The number of nitrogens with two attached hydrogens (primary N) is 1. The van der Waals surface area contributed by atoms with Crippen LogP contribution in [0.2, 0.25) is 0 Å². The van der Waals surface area contributed by atoms with Crippen molar-refractivity contribution < 1.29 is 19.0 Å². The normalized spacial score (nSPS) is 10.2. The summed E-state index contributed by atoms with van der Waals surface area (Å²) < 4.78 is 18.3. The molecule has 2 aromatic carbocycles. The third-order valence-electron chi connectivity index (χ3n) is 2.58. The number of hydrogen-bond acceptors (Lipinski definition) is 4. The Hall–Kier alpha value is -2.56. The summed E-state index contributed by atoms with van der Waals surface area (Å²) in [5.74, 6) is -1.17. The fourth-order valence-corrected chi connectivity index (χ4v) is 1.52. The van der Waals surface area contributed by atoms with Gasteiger partial charge in [-0.25, -0.2) is 9.18 Å². The number of nitrogen functional groups attached to an aromatic ring is 1. The third-order valence-corrected chi connectivity index (χ3v) is 2.58. The predicted molar refractivity (Wildman–Crippen MR) is 68.0 cm³/mol. The second-order valence-corrected chi connectivity index (χ2v) is 3.94. The van der Waals surface area contributed by atoms with Crippen LogP contribution in [0, 0.1) is 5.82 Å². The topological polar surface area (TPSA) is 72.6 Å². The first-order valence-corrected chi connectivity index (χ1v) is 5.57. The molecule has 2 rings (SSSR count). The third kappa shape index (κ3) is 3.01. The number of rotatable bonds is 3. The first-order valence-electron chi connectivity index (χ1n) is 5.57. The number of phenols is 1. The number of esters is 1. The highest BCUT2D eigenvalue weighted by Gasteiger charge is 2.10. The highest BCUT2D eigenvalue weighted by Crippen LogP contribution is 2.21. The van der Waals surface area contributed by atoms with E-state index in [2.05, 4.69) is 0 Å². The summed E-state index contributed by atoms with van der Waals surface area (Å²) in [5.41, 5.74) is 6.05. The van der Waals surface area contributed by atoms with Gasteiger partial charge < -0.3 is 15.6 Å². The maximum atomic E-state index is 13.3. The van der Waals surface area contributed by atoms with Crippen molar-refractivity contribution in [3.63, 3.8) is 0 Å². The zero-order valence-electron chi connectivity index (χ0n) is 9.97. The summed E-state index contributed by atoms with van der Waals surface area (Å²) in [5, 5.41) is 9.24. The molecule has 0 aliphatic rings. The Morgan fingerprint density at radius 3 is 2.68 bits per heavy atom. The monoisotopic (exact) mass is 261 g/mol. The molecule has 0 spiro atoms. The summed E-state index contributed by atoms with van der Waals surface area (Å²) in [7, 11) is 0. The predicted octanol–water partition coefficient (Wildman–Crippen LogP) is 2.47. The van der Waals surface area contributed by atoms with Crippen molar-refractivity contribution in [3.8, 4) is 5.75 Å². The Morgan fingerprint density at radius 2 is 2.00 bits per heavy atom. The van der Waals surface area contributed by atoms with Crippen LogP contribution in [0.4, 0.5) is 10.1 Å². The van der Waals surface area contributed by atoms with Gasteiger partial charge in [0, 0.05) is 5.56 Å². The molecule has 0 atom stereocenters. The molecule has 0 aliphatic carbocycles. The maximum Gasteiger partial charge on any atom is 0.338 e. The Morgan fingerprint density at radius 1 is 1.26 bits per heavy atom. The van der Waals surface area contributed by atoms with E-state index in [0.29, 0.717) is 5.56 Å². The summed E-state index contributed by atoms with van der Waals surface area (Å²) in [4.78, 5) is 11.7. The highest BCUT2D eigenvalue weighted by atomic mass is 19.1. The summed E-state index contributed by atoms with van der Waals surface area (Å²) in [6.45, 7) is -0.160. The number of ether oxygens (including phenoxy) is 1. The molecule has 0 aromatic heterocycles. The van der Waals surface area contributed by atoms with Gasteiger partial charge in [-0.3, -0.25) is 0 Å². The molecule has 19 heavy (non-hydrogen) atoms. The molecule has 0 fully saturated rings. The first kappa shape index (κ1) is 12.9. The molecule has 2 aromatic rings. The minimum atomic E-state index is -0.630. The van der Waals surface area contributed by atoms with E-state index < -0.39 is 11.8 Å². The van der Waals surface area contributed by atoms with Gasteiger partial charge in [-0.1, -0.05) is 18.2 Å². The molecule has 3 N–H and O–H groups in total. The molecule has 0 saturated heterocycles. The Bertz CT molecular complexity index is 613. The zero-order chi connectivity index (χ0) is 13.8. The van der Waals surface area contributed by atoms with Crippen molar-refractivity contribution in [3.05, 3.63) is 59.4 Å². The molecule has 0 unspecified atom stereocenters. The van der Waals surface area contributed by atoms with Crippen LogP contribution in [0.1, 0.15) is 15.9 Å². The van der Waals surface area contributed by atoms with Gasteiger partial charge in [0.2, 0.25) is 0 Å². The summed E-state index contributed by atoms with van der Waals surface area (Å²) in [6, 6.07) is 10.0. The van der Waals surface area contributed by atoms with Gasteiger partial charge in [-0.05, 0) is 24.3 Å². The fourth-order valence-electron chi connectivity index (χ4n) is 1.52. The van der Waals surface area contributed by atoms with Gasteiger partial charge in [0.05, 0.1) is 11.3 Å². The Kier molecular flexibility index (Phi) is 3.66. The quantitative estimate of drug-likeness (QED) is 0.505. The molecule has 0 radical (unpaired) electrons. The van der Waals surface area contributed by atoms with E-state index >= 15 is 0 Å². The second-order valence-electron chi connectivity index (χ2n) is 3.94. The molecular formula is C14H12FNO3. The molecule has 5 heteroatoms. The van der Waals surface area contributed by atoms with Crippen LogP contribution >= 0.6 is 0 Å². The van der Waals surface area contributed by atoms with Gasteiger partial charge in [-0.2, -0.15) is 0 Å². The van der Waals surface area contributed by atoms with Crippen LogP contribution < -0.4 is 5.73 Å². The average molecular weight is 261 g/mol. The van der Waals surface area contributed by atoms with Crippen LogP contribution in [0.25, 0.3) is 0 Å². The van der Waals surface area contributed by atoms with Gasteiger partial charge in [0.25, 0.3) is 0 Å². The minimum Gasteiger partial charge on any atom is -0.506 e. The lowest BCUT2D eigenvalue weighted by molar-refractivity contribution is 0.0469. The molecular weight excluding hydrogens is 249 g/mol. The largest absolute Gasteiger partial charge is 0.506 e. The molecule has 0 bridgehead atoms. The van der Waals surface area contributed by atoms with Crippen molar-refractivity contribution in [1.82, 2.24) is 0 Å². The number of halogens is 1. The van der Waals surface area contributed by atoms with E-state index in [9.17, 15) is 14.3 Å². The molecule has 0 saturated carbocycles. The zero-order valence-corrected chi connectivity index (χ0v) is 9.97. The van der Waals surface area contributed by atoms with E-state index in [1.807, 2.05) is 0 Å². The van der Waals surface area contributed by atoms with Crippen LogP contribution in [-0.2, 0) is 11.3 Å². The summed E-state index contributed by atoms with van der Waals surface area (Å²) >= 11 is 0. The standard InChI is InChI=1S/C14H12FNO3/c15-11-4-2-1-3-10(11)8-19-14(18)9-5-6-13(17)12(16)7-9/h1-7,17H,8,16H2. The van der Waals surface area contributed by atoms with E-state index in [1.165, 1.54) is 30.3 Å². The molecule has 4 nitrogen and oxygen atoms in total. The Labute approximate surface area is 109 Å². The van der Waals surface area contributed by atoms with Gasteiger partial charge in [-0.15, -0.1) is 0 Å². The number of anilines is 1. The number of benzene rings is 2. The van der Waals surface area contributed by atoms with Gasteiger partial charge >= 0.3 is 5.97 Å². The van der Waals surface area contributed by atoms with Gasteiger partial charge in [0.15, 0.2) is 0 Å². The van der Waals surface area contributed by atoms with Crippen molar-refractivity contribution in [1.29, 1.82) is 0 Å². The van der Waals surface area contributed by atoms with Crippen LogP contribution in [0.5, 0.6) is 5.75 Å². The van der Waals surface area contributed by atoms with Crippen molar-refractivity contribution in [2.45, 2.75) is 6.61 Å². The van der Waals surface area contributed by atoms with E-state index in [1.54, 1.807) is 12.1 Å². The lowest BCUT2D eigenvalue weighted by atomic mass is 10.2. The SMILES string of the molecule is Nc1cc(C(=O)OCc2ccccc2F)ccc1O. The molecule has 0 aliphatic heterocycles. The van der Waals surface area contributed by atoms with Crippen molar-refractivity contribution >= 4 is 11.7 Å². The smallest absolute Gasteiger partial charge is 0.338 e. The lowest BCUT2D eigenvalue weighted by Crippen LogP contribution is -2.06. The lowest BCUT2D eigenvalue weighted by Gasteiger charge is -2.07. The van der Waals surface area contributed by atoms with Crippen LogP contribution in [0.3, 0.4) is 0 Å². The van der Waals surface area contributed by atoms with Crippen molar-refractivity contribution in [2.24, 2.45) is 0 Å². The fraction of sp³-hybridized carbons (Fsp3) is 0.0714. The number of phenolic OH excluding ortho intramolecular Hbond substituents is 1. The van der Waals surface area contributed by atoms with E-state index in [0.717, 1.165) is 0 Å². The average Bonchev–Trinajstić information content (AvgIpc) is 2.40. The molecule has 98 valence electrons. The Balaban J connectivity index is 2.05. The van der Waals surface area contributed by atoms with Crippen molar-refractivity contribution in [2.75, 3.05) is 5.73 Å². The van der Waals surface area contributed by atoms with E-state index in [-0.39, 0.29) is 23.6 Å². The minimum absolute atomic E-state index is 0.0836. The molecule has 0 heterocycles. The van der Waals surface area contributed by atoms with Gasteiger partial charge in [0.1, 0.15) is 18.2 Å². The van der Waals surface area contributed by atoms with E-state index in [4.69, 9.17) is 10.5 Å². The highest BCUT2D eigenvalue weighted by molar-refractivity contribution is 5.90. The molecule has 0 amide bonds. The maximum absolute atomic E-state index is 13.3. The first-order chi connectivity index (χ1) is 9.08.